The first-order valence-electron chi connectivity index (χ1n) is 6.68. The highest BCUT2D eigenvalue weighted by molar-refractivity contribution is 5.98. The van der Waals surface area contributed by atoms with E-state index in [1.54, 1.807) is 24.3 Å². The van der Waals surface area contributed by atoms with Crippen LogP contribution in [0.2, 0.25) is 0 Å². The van der Waals surface area contributed by atoms with Gasteiger partial charge in [-0.25, -0.2) is 0 Å². The van der Waals surface area contributed by atoms with Crippen LogP contribution in [0.3, 0.4) is 0 Å². The fourth-order valence-electron chi connectivity index (χ4n) is 1.83. The second-order valence-corrected chi connectivity index (χ2v) is 4.31. The minimum atomic E-state index is -0.462. The molecule has 0 radical (unpaired) electrons. The number of amides is 1. The van der Waals surface area contributed by atoms with Crippen LogP contribution in [0, 0.1) is 11.8 Å². The summed E-state index contributed by atoms with van der Waals surface area (Å²) in [7, 11) is 1.29. The van der Waals surface area contributed by atoms with Crippen LogP contribution in [0.1, 0.15) is 29.3 Å². The summed E-state index contributed by atoms with van der Waals surface area (Å²) in [6.45, 7) is 2.01. The fraction of sp³-hybridized carbons (Fsp3) is 0.375. The molecular formula is C16H19NO4. The van der Waals surface area contributed by atoms with Crippen molar-refractivity contribution in [2.24, 2.45) is 0 Å². The summed E-state index contributed by atoms with van der Waals surface area (Å²) in [5, 5.41) is 8.77. The Kier molecular flexibility index (Phi) is 6.99. The van der Waals surface area contributed by atoms with E-state index in [1.165, 1.54) is 12.0 Å². The second-order valence-electron chi connectivity index (χ2n) is 4.31. The van der Waals surface area contributed by atoms with Crippen molar-refractivity contribution in [3.63, 3.8) is 0 Å². The zero-order valence-electron chi connectivity index (χ0n) is 12.3. The Bertz CT molecular complexity index is 557. The van der Waals surface area contributed by atoms with Crippen LogP contribution in [0.4, 0.5) is 0 Å². The van der Waals surface area contributed by atoms with Crippen molar-refractivity contribution < 1.29 is 19.4 Å². The van der Waals surface area contributed by atoms with Crippen LogP contribution in [0.25, 0.3) is 0 Å². The van der Waals surface area contributed by atoms with Gasteiger partial charge in [-0.1, -0.05) is 30.9 Å². The molecule has 1 amide bonds. The quantitative estimate of drug-likeness (QED) is 0.650. The molecule has 0 spiro atoms. The van der Waals surface area contributed by atoms with Crippen LogP contribution in [-0.4, -0.2) is 48.7 Å². The molecule has 0 heterocycles. The molecule has 0 aliphatic carbocycles. The van der Waals surface area contributed by atoms with Gasteiger partial charge in [0.25, 0.3) is 5.91 Å². The molecule has 0 bridgehead atoms. The molecule has 0 aliphatic rings. The molecule has 5 heteroatoms. The van der Waals surface area contributed by atoms with Crippen molar-refractivity contribution in [2.45, 2.75) is 13.3 Å². The number of rotatable bonds is 5. The maximum absolute atomic E-state index is 12.6. The lowest BCUT2D eigenvalue weighted by molar-refractivity contribution is -0.141. The maximum Gasteiger partial charge on any atom is 0.325 e. The molecule has 0 aromatic heterocycles. The number of carbonyl (C=O) groups excluding carboxylic acids is 2. The molecule has 1 aromatic carbocycles. The van der Waals surface area contributed by atoms with Crippen LogP contribution >= 0.6 is 0 Å². The Balaban J connectivity index is 3.05. The van der Waals surface area contributed by atoms with Gasteiger partial charge in [-0.05, 0) is 18.6 Å². The summed E-state index contributed by atoms with van der Waals surface area (Å²) < 4.78 is 4.61. The number of esters is 1. The molecule has 1 N–H and O–H groups in total. The first kappa shape index (κ1) is 16.7. The Hall–Kier alpha value is -2.32. The van der Waals surface area contributed by atoms with Gasteiger partial charge >= 0.3 is 5.97 Å². The SMILES string of the molecule is CCCN(CC(=O)OC)C(=O)c1ccccc1C#CCO. The number of ether oxygens (including phenoxy) is 1. The third-order valence-corrected chi connectivity index (χ3v) is 2.79. The Morgan fingerprint density at radius 1 is 1.33 bits per heavy atom. The summed E-state index contributed by atoms with van der Waals surface area (Å²) in [4.78, 5) is 25.4. The van der Waals surface area contributed by atoms with E-state index in [0.29, 0.717) is 17.7 Å². The van der Waals surface area contributed by atoms with Gasteiger partial charge < -0.3 is 14.7 Å². The van der Waals surface area contributed by atoms with Gasteiger partial charge in [0.05, 0.1) is 12.7 Å². The molecule has 0 atom stereocenters. The second kappa shape index (κ2) is 8.77. The number of hydrogen-bond acceptors (Lipinski definition) is 4. The molecule has 0 aliphatic heterocycles. The molecule has 5 nitrogen and oxygen atoms in total. The Labute approximate surface area is 124 Å². The number of aliphatic hydroxyl groups excluding tert-OH is 1. The Morgan fingerprint density at radius 3 is 2.67 bits per heavy atom. The predicted octanol–water partition coefficient (Wildman–Crippen LogP) is 1.06. The van der Waals surface area contributed by atoms with Crippen molar-refractivity contribution >= 4 is 11.9 Å². The van der Waals surface area contributed by atoms with Crippen LogP contribution < -0.4 is 0 Å². The lowest BCUT2D eigenvalue weighted by atomic mass is 10.1. The summed E-state index contributed by atoms with van der Waals surface area (Å²) in [6.07, 6.45) is 0.729. The van der Waals surface area contributed by atoms with Gasteiger partial charge in [-0.15, -0.1) is 0 Å². The minimum Gasteiger partial charge on any atom is -0.468 e. The normalized spacial score (nSPS) is 9.48. The molecule has 0 saturated heterocycles. The smallest absolute Gasteiger partial charge is 0.325 e. The van der Waals surface area contributed by atoms with E-state index in [4.69, 9.17) is 5.11 Å². The van der Waals surface area contributed by atoms with Crippen molar-refractivity contribution in [1.29, 1.82) is 0 Å². The number of nitrogens with zero attached hydrogens (tertiary/aromatic N) is 1. The van der Waals surface area contributed by atoms with E-state index in [1.807, 2.05) is 6.92 Å². The number of aliphatic hydroxyl groups is 1. The largest absolute Gasteiger partial charge is 0.468 e. The van der Waals surface area contributed by atoms with E-state index in [0.717, 1.165) is 6.42 Å². The molecule has 0 unspecified atom stereocenters. The van der Waals surface area contributed by atoms with Crippen molar-refractivity contribution in [3.8, 4) is 11.8 Å². The summed E-state index contributed by atoms with van der Waals surface area (Å²) >= 11 is 0. The van der Waals surface area contributed by atoms with Gasteiger partial charge in [0, 0.05) is 12.1 Å². The zero-order valence-corrected chi connectivity index (χ0v) is 12.3. The number of benzene rings is 1. The lowest BCUT2D eigenvalue weighted by Gasteiger charge is -2.21. The fourth-order valence-corrected chi connectivity index (χ4v) is 1.83. The highest BCUT2D eigenvalue weighted by Crippen LogP contribution is 2.11. The van der Waals surface area contributed by atoms with Gasteiger partial charge in [-0.3, -0.25) is 9.59 Å². The standard InChI is InChI=1S/C16H19NO4/c1-3-10-17(12-15(19)21-2)16(20)14-9-5-4-7-13(14)8-6-11-18/h4-5,7,9,18H,3,10-12H2,1-2H3. The molecule has 112 valence electrons. The lowest BCUT2D eigenvalue weighted by Crippen LogP contribution is -2.37. The monoisotopic (exact) mass is 289 g/mol. The zero-order chi connectivity index (χ0) is 15.7. The molecule has 21 heavy (non-hydrogen) atoms. The van der Waals surface area contributed by atoms with E-state index < -0.39 is 5.97 Å². The third-order valence-electron chi connectivity index (χ3n) is 2.79. The van der Waals surface area contributed by atoms with Crippen molar-refractivity contribution in [2.75, 3.05) is 26.8 Å². The maximum atomic E-state index is 12.6. The Morgan fingerprint density at radius 2 is 2.05 bits per heavy atom. The topological polar surface area (TPSA) is 66.8 Å². The predicted molar refractivity (Wildman–Crippen MR) is 78.6 cm³/mol. The van der Waals surface area contributed by atoms with Crippen molar-refractivity contribution in [3.05, 3.63) is 35.4 Å². The molecule has 0 fully saturated rings. The first-order valence-corrected chi connectivity index (χ1v) is 6.68. The molecule has 0 saturated carbocycles. The van der Waals surface area contributed by atoms with Gasteiger partial charge in [0.2, 0.25) is 0 Å². The number of methoxy groups -OCH3 is 1. The van der Waals surface area contributed by atoms with Gasteiger partial charge in [-0.2, -0.15) is 0 Å². The first-order chi connectivity index (χ1) is 10.1. The average molecular weight is 289 g/mol. The van der Waals surface area contributed by atoms with Gasteiger partial charge in [0.1, 0.15) is 13.2 Å². The summed E-state index contributed by atoms with van der Waals surface area (Å²) in [6, 6.07) is 6.87. The van der Waals surface area contributed by atoms with E-state index >= 15 is 0 Å². The number of carbonyl (C=O) groups is 2. The summed E-state index contributed by atoms with van der Waals surface area (Å²) in [5.74, 6) is 4.53. The highest BCUT2D eigenvalue weighted by atomic mass is 16.5. The average Bonchev–Trinajstić information content (AvgIpc) is 2.51. The summed E-state index contributed by atoms with van der Waals surface area (Å²) in [5.41, 5.74) is 0.943. The minimum absolute atomic E-state index is 0.0923. The van der Waals surface area contributed by atoms with Crippen LogP contribution in [-0.2, 0) is 9.53 Å². The van der Waals surface area contributed by atoms with E-state index in [2.05, 4.69) is 16.6 Å². The van der Waals surface area contributed by atoms with E-state index in [-0.39, 0.29) is 19.1 Å². The highest BCUT2D eigenvalue weighted by Gasteiger charge is 2.20. The van der Waals surface area contributed by atoms with Gasteiger partial charge in [0.15, 0.2) is 0 Å². The molecular weight excluding hydrogens is 270 g/mol. The van der Waals surface area contributed by atoms with E-state index in [9.17, 15) is 9.59 Å². The van der Waals surface area contributed by atoms with Crippen molar-refractivity contribution in [1.82, 2.24) is 4.90 Å². The third kappa shape index (κ3) is 4.93. The van der Waals surface area contributed by atoms with Crippen LogP contribution in [0.15, 0.2) is 24.3 Å². The molecule has 1 aromatic rings. The van der Waals surface area contributed by atoms with Crippen LogP contribution in [0.5, 0.6) is 0 Å². The number of hydrogen-bond donors (Lipinski definition) is 1. The molecule has 1 rings (SSSR count).